The van der Waals surface area contributed by atoms with Crippen molar-refractivity contribution in [3.8, 4) is 5.75 Å². The highest BCUT2D eigenvalue weighted by molar-refractivity contribution is 7.89. The number of nitrogens with zero attached hydrogens (tertiary/aromatic N) is 1. The number of rotatable bonds is 6. The van der Waals surface area contributed by atoms with Gasteiger partial charge in [-0.05, 0) is 56.2 Å². The Bertz CT molecular complexity index is 956. The number of anilines is 1. The summed E-state index contributed by atoms with van der Waals surface area (Å²) in [6.07, 6.45) is 1.68. The maximum atomic E-state index is 12.5. The molecule has 0 aromatic heterocycles. The van der Waals surface area contributed by atoms with Crippen LogP contribution in [-0.4, -0.2) is 38.3 Å². The summed E-state index contributed by atoms with van der Waals surface area (Å²) in [5.74, 6) is -0.512. The lowest BCUT2D eigenvalue weighted by Gasteiger charge is -2.16. The number of sulfonamides is 1. The minimum Gasteiger partial charge on any atom is -0.434 e. The normalized spacial score (nSPS) is 15.0. The van der Waals surface area contributed by atoms with Crippen molar-refractivity contribution in [1.29, 1.82) is 0 Å². The maximum Gasteiger partial charge on any atom is 0.387 e. The quantitative estimate of drug-likeness (QED) is 0.789. The molecular weight excluding hydrogens is 390 g/mol. The lowest BCUT2D eigenvalue weighted by atomic mass is 10.1. The number of hydrogen-bond donors (Lipinski definition) is 1. The fraction of sp³-hybridized carbons (Fsp3) is 0.316. The lowest BCUT2D eigenvalue weighted by molar-refractivity contribution is -0.0502. The molecule has 1 heterocycles. The molecule has 1 N–H and O–H groups in total. The second kappa shape index (κ2) is 8.24. The van der Waals surface area contributed by atoms with E-state index in [1.165, 1.54) is 40.7 Å². The molecule has 0 aliphatic carbocycles. The zero-order valence-electron chi connectivity index (χ0n) is 15.2. The summed E-state index contributed by atoms with van der Waals surface area (Å²) in [4.78, 5) is 12.6. The van der Waals surface area contributed by atoms with Gasteiger partial charge >= 0.3 is 6.61 Å². The van der Waals surface area contributed by atoms with E-state index in [4.69, 9.17) is 0 Å². The van der Waals surface area contributed by atoms with Gasteiger partial charge in [0.1, 0.15) is 5.75 Å². The number of nitrogens with one attached hydrogen (secondary N) is 1. The van der Waals surface area contributed by atoms with Gasteiger partial charge in [0.25, 0.3) is 5.91 Å². The average Bonchev–Trinajstić information content (AvgIpc) is 3.20. The van der Waals surface area contributed by atoms with E-state index in [1.54, 1.807) is 13.0 Å². The standard InChI is InChI=1S/C19H20F2N2O4S/c1-13-16(5-4-6-17(13)27-19(20)21)22-18(24)14-7-9-15(10-8-14)28(25,26)23-11-2-3-12-23/h4-10,19H,2-3,11-12H2,1H3,(H,22,24). The summed E-state index contributed by atoms with van der Waals surface area (Å²) in [5.41, 5.74) is 0.946. The topological polar surface area (TPSA) is 75.7 Å². The molecule has 0 atom stereocenters. The monoisotopic (exact) mass is 410 g/mol. The largest absolute Gasteiger partial charge is 0.434 e. The van der Waals surface area contributed by atoms with E-state index in [2.05, 4.69) is 10.1 Å². The Hall–Kier alpha value is -2.52. The SMILES string of the molecule is Cc1c(NC(=O)c2ccc(S(=O)(=O)N3CCCC3)cc2)cccc1OC(F)F. The third-order valence-corrected chi connectivity index (χ3v) is 6.48. The van der Waals surface area contributed by atoms with Crippen LogP contribution < -0.4 is 10.1 Å². The minimum atomic E-state index is -3.55. The molecule has 3 rings (SSSR count). The first kappa shape index (κ1) is 20.2. The molecular formula is C19H20F2N2O4S. The summed E-state index contributed by atoms with van der Waals surface area (Å²) in [6.45, 7) is -0.407. The molecule has 6 nitrogen and oxygen atoms in total. The van der Waals surface area contributed by atoms with Crippen LogP contribution in [0.2, 0.25) is 0 Å². The fourth-order valence-corrected chi connectivity index (χ4v) is 4.54. The molecule has 0 bridgehead atoms. The number of carbonyl (C=O) groups excluding carboxylic acids is 1. The van der Waals surface area contributed by atoms with Crippen LogP contribution >= 0.6 is 0 Å². The van der Waals surface area contributed by atoms with Gasteiger partial charge in [-0.25, -0.2) is 8.42 Å². The van der Waals surface area contributed by atoms with Crippen LogP contribution in [0.1, 0.15) is 28.8 Å². The first-order chi connectivity index (χ1) is 13.3. The van der Waals surface area contributed by atoms with Crippen LogP contribution in [0.5, 0.6) is 5.75 Å². The smallest absolute Gasteiger partial charge is 0.387 e. The van der Waals surface area contributed by atoms with Gasteiger partial charge in [-0.2, -0.15) is 13.1 Å². The molecule has 1 amide bonds. The predicted octanol–water partition coefficient (Wildman–Crippen LogP) is 3.63. The molecule has 0 radical (unpaired) electrons. The van der Waals surface area contributed by atoms with Crippen LogP contribution in [-0.2, 0) is 10.0 Å². The Morgan fingerprint density at radius 2 is 1.75 bits per heavy atom. The number of amides is 1. The zero-order valence-corrected chi connectivity index (χ0v) is 16.0. The predicted molar refractivity (Wildman–Crippen MR) is 100 cm³/mol. The second-order valence-corrected chi connectivity index (χ2v) is 8.33. The third kappa shape index (κ3) is 4.31. The molecule has 1 fully saturated rings. The van der Waals surface area contributed by atoms with Gasteiger partial charge in [0, 0.05) is 29.9 Å². The summed E-state index contributed by atoms with van der Waals surface area (Å²) >= 11 is 0. The Morgan fingerprint density at radius 1 is 1.11 bits per heavy atom. The van der Waals surface area contributed by atoms with E-state index in [-0.39, 0.29) is 16.2 Å². The van der Waals surface area contributed by atoms with E-state index in [0.29, 0.717) is 24.3 Å². The molecule has 0 unspecified atom stereocenters. The van der Waals surface area contributed by atoms with Crippen LogP contribution in [0, 0.1) is 6.92 Å². The van der Waals surface area contributed by atoms with Crippen LogP contribution in [0.25, 0.3) is 0 Å². The van der Waals surface area contributed by atoms with Crippen molar-refractivity contribution in [3.63, 3.8) is 0 Å². The lowest BCUT2D eigenvalue weighted by Crippen LogP contribution is -2.27. The van der Waals surface area contributed by atoms with Gasteiger partial charge in [-0.1, -0.05) is 6.07 Å². The molecule has 2 aromatic rings. The maximum absolute atomic E-state index is 12.5. The number of carbonyl (C=O) groups is 1. The molecule has 1 aliphatic rings. The Morgan fingerprint density at radius 3 is 2.36 bits per heavy atom. The number of hydrogen-bond acceptors (Lipinski definition) is 4. The first-order valence-corrected chi connectivity index (χ1v) is 10.2. The van der Waals surface area contributed by atoms with Crippen molar-refractivity contribution < 1.29 is 26.7 Å². The van der Waals surface area contributed by atoms with Crippen molar-refractivity contribution in [3.05, 3.63) is 53.6 Å². The Kier molecular flexibility index (Phi) is 5.95. The highest BCUT2D eigenvalue weighted by Crippen LogP contribution is 2.27. The molecule has 150 valence electrons. The van der Waals surface area contributed by atoms with Crippen LogP contribution in [0.3, 0.4) is 0 Å². The van der Waals surface area contributed by atoms with Crippen molar-refractivity contribution in [2.75, 3.05) is 18.4 Å². The number of alkyl halides is 2. The van der Waals surface area contributed by atoms with Crippen molar-refractivity contribution in [2.24, 2.45) is 0 Å². The molecule has 0 spiro atoms. The highest BCUT2D eigenvalue weighted by atomic mass is 32.2. The van der Waals surface area contributed by atoms with E-state index >= 15 is 0 Å². The molecule has 1 aliphatic heterocycles. The summed E-state index contributed by atoms with van der Waals surface area (Å²) in [5, 5.41) is 2.63. The molecule has 0 saturated carbocycles. The van der Waals surface area contributed by atoms with Gasteiger partial charge in [-0.15, -0.1) is 0 Å². The molecule has 9 heteroatoms. The Labute approximate surface area is 162 Å². The van der Waals surface area contributed by atoms with Crippen molar-refractivity contribution in [1.82, 2.24) is 4.31 Å². The first-order valence-electron chi connectivity index (χ1n) is 8.75. The number of benzene rings is 2. The van der Waals surface area contributed by atoms with Crippen LogP contribution in [0.4, 0.5) is 14.5 Å². The highest BCUT2D eigenvalue weighted by Gasteiger charge is 2.27. The van der Waals surface area contributed by atoms with E-state index < -0.39 is 22.5 Å². The molecule has 28 heavy (non-hydrogen) atoms. The van der Waals surface area contributed by atoms with E-state index in [1.807, 2.05) is 0 Å². The molecule has 2 aromatic carbocycles. The van der Waals surface area contributed by atoms with E-state index in [9.17, 15) is 22.0 Å². The van der Waals surface area contributed by atoms with Gasteiger partial charge in [0.2, 0.25) is 10.0 Å². The third-order valence-electron chi connectivity index (χ3n) is 4.57. The van der Waals surface area contributed by atoms with Gasteiger partial charge in [0.05, 0.1) is 4.90 Å². The zero-order chi connectivity index (χ0) is 20.3. The molecule has 1 saturated heterocycles. The Balaban J connectivity index is 1.75. The van der Waals surface area contributed by atoms with Gasteiger partial charge in [-0.3, -0.25) is 4.79 Å². The van der Waals surface area contributed by atoms with Crippen molar-refractivity contribution in [2.45, 2.75) is 31.3 Å². The summed E-state index contributed by atoms with van der Waals surface area (Å²) in [7, 11) is -3.55. The number of halogens is 2. The average molecular weight is 410 g/mol. The fourth-order valence-electron chi connectivity index (χ4n) is 3.02. The van der Waals surface area contributed by atoms with Crippen LogP contribution in [0.15, 0.2) is 47.4 Å². The van der Waals surface area contributed by atoms with E-state index in [0.717, 1.165) is 12.8 Å². The summed E-state index contributed by atoms with van der Waals surface area (Å²) in [6, 6.07) is 10.1. The van der Waals surface area contributed by atoms with Crippen molar-refractivity contribution >= 4 is 21.6 Å². The summed E-state index contributed by atoms with van der Waals surface area (Å²) < 4.78 is 55.8. The van der Waals surface area contributed by atoms with Gasteiger partial charge in [0.15, 0.2) is 0 Å². The minimum absolute atomic E-state index is 0.0279. The number of ether oxygens (including phenoxy) is 1. The van der Waals surface area contributed by atoms with Gasteiger partial charge < -0.3 is 10.1 Å². The second-order valence-electron chi connectivity index (χ2n) is 6.40.